The van der Waals surface area contributed by atoms with Crippen molar-refractivity contribution in [1.82, 2.24) is 13.7 Å². The monoisotopic (exact) mass is 493 g/mol. The predicted molar refractivity (Wildman–Crippen MR) is 144 cm³/mol. The van der Waals surface area contributed by atoms with Crippen molar-refractivity contribution in [3.63, 3.8) is 0 Å². The number of benzene rings is 3. The van der Waals surface area contributed by atoms with Crippen LogP contribution in [0.1, 0.15) is 28.5 Å². The molecule has 3 aromatic carbocycles. The lowest BCUT2D eigenvalue weighted by Gasteiger charge is -2.30. The maximum atomic E-state index is 13.8. The molecule has 0 amide bonds. The minimum absolute atomic E-state index is 0.335. The van der Waals surface area contributed by atoms with Gasteiger partial charge in [-0.1, -0.05) is 48.0 Å². The fraction of sp³-hybridized carbons (Fsp3) is 0.200. The van der Waals surface area contributed by atoms with Gasteiger partial charge in [0, 0.05) is 14.1 Å². The van der Waals surface area contributed by atoms with E-state index in [-0.39, 0.29) is 11.2 Å². The van der Waals surface area contributed by atoms with Crippen LogP contribution in [-0.2, 0) is 14.1 Å². The number of aryl methyl sites for hydroxylation is 3. The molecule has 0 radical (unpaired) electrons. The maximum absolute atomic E-state index is 13.8. The van der Waals surface area contributed by atoms with Crippen LogP contribution in [0.5, 0.6) is 11.5 Å². The molecule has 7 heteroatoms. The summed E-state index contributed by atoms with van der Waals surface area (Å²) in [5.41, 5.74) is 6.12. The third kappa shape index (κ3) is 3.34. The zero-order chi connectivity index (χ0) is 26.0. The highest BCUT2D eigenvalue weighted by molar-refractivity contribution is 5.98. The second-order valence-corrected chi connectivity index (χ2v) is 9.61. The molecule has 0 spiro atoms. The van der Waals surface area contributed by atoms with E-state index in [1.807, 2.05) is 74.5 Å². The van der Waals surface area contributed by atoms with Gasteiger partial charge in [0.15, 0.2) is 6.10 Å². The number of methoxy groups -OCH3 is 1. The number of nitrogens with zero attached hydrogens (tertiary/aromatic N) is 3. The first kappa shape index (κ1) is 22.9. The average molecular weight is 494 g/mol. The van der Waals surface area contributed by atoms with Crippen LogP contribution in [0.3, 0.4) is 0 Å². The van der Waals surface area contributed by atoms with E-state index in [0.29, 0.717) is 16.7 Å². The van der Waals surface area contributed by atoms with Gasteiger partial charge in [0.25, 0.3) is 5.56 Å². The van der Waals surface area contributed by atoms with E-state index in [9.17, 15) is 9.59 Å². The SMILES string of the molecule is COc1ccc([C@@H]2Oc3ccc(C)cc3-n3c(-c4ccc(C)cc4)c4c(=O)n(C)c(=O)n(C)c4c32)cc1. The lowest BCUT2D eigenvalue weighted by atomic mass is 10.0. The molecule has 7 nitrogen and oxygen atoms in total. The lowest BCUT2D eigenvalue weighted by Crippen LogP contribution is -2.37. The zero-order valence-corrected chi connectivity index (χ0v) is 21.4. The van der Waals surface area contributed by atoms with Crippen molar-refractivity contribution in [1.29, 1.82) is 0 Å². The van der Waals surface area contributed by atoms with Crippen molar-refractivity contribution in [2.24, 2.45) is 14.1 Å². The Morgan fingerprint density at radius 1 is 0.838 bits per heavy atom. The van der Waals surface area contributed by atoms with Gasteiger partial charge in [-0.05, 0) is 54.8 Å². The first-order valence-corrected chi connectivity index (χ1v) is 12.1. The molecule has 3 heterocycles. The molecular formula is C30H27N3O4. The highest BCUT2D eigenvalue weighted by atomic mass is 16.5. The van der Waals surface area contributed by atoms with Crippen LogP contribution in [0.2, 0.25) is 0 Å². The third-order valence-electron chi connectivity index (χ3n) is 7.20. The first-order valence-electron chi connectivity index (χ1n) is 12.1. The van der Waals surface area contributed by atoms with Gasteiger partial charge >= 0.3 is 5.69 Å². The maximum Gasteiger partial charge on any atom is 0.331 e. The van der Waals surface area contributed by atoms with Crippen molar-refractivity contribution < 1.29 is 9.47 Å². The Labute approximate surface area is 213 Å². The van der Waals surface area contributed by atoms with Crippen LogP contribution in [0.15, 0.2) is 76.3 Å². The molecule has 0 N–H and O–H groups in total. The van der Waals surface area contributed by atoms with Gasteiger partial charge in [-0.2, -0.15) is 0 Å². The Balaban J connectivity index is 1.83. The van der Waals surface area contributed by atoms with Gasteiger partial charge in [-0.15, -0.1) is 0 Å². The summed E-state index contributed by atoms with van der Waals surface area (Å²) in [6, 6.07) is 21.8. The molecule has 37 heavy (non-hydrogen) atoms. The van der Waals surface area contributed by atoms with Crippen LogP contribution < -0.4 is 20.7 Å². The van der Waals surface area contributed by atoms with E-state index in [2.05, 4.69) is 10.6 Å². The Morgan fingerprint density at radius 3 is 2.19 bits per heavy atom. The minimum atomic E-state index is -0.555. The van der Waals surface area contributed by atoms with Gasteiger partial charge in [0.05, 0.1) is 35.1 Å². The van der Waals surface area contributed by atoms with Crippen LogP contribution in [-0.4, -0.2) is 20.8 Å². The summed E-state index contributed by atoms with van der Waals surface area (Å²) in [7, 11) is 4.86. The molecule has 0 bridgehead atoms. The summed E-state index contributed by atoms with van der Waals surface area (Å²) in [5.74, 6) is 1.44. The largest absolute Gasteiger partial charge is 0.497 e. The fourth-order valence-corrected chi connectivity index (χ4v) is 5.26. The lowest BCUT2D eigenvalue weighted by molar-refractivity contribution is 0.229. The predicted octanol–water partition coefficient (Wildman–Crippen LogP) is 4.80. The standard InChI is InChI=1S/C30H27N3O4/c1-17-6-9-19(10-7-17)25-24-26(31(3)30(35)32(4)29(24)34)27-28(20-11-13-21(36-5)14-12-20)37-23-15-8-18(2)16-22(23)33(25)27/h6-16,28H,1-5H3/t28-/m0/s1. The number of fused-ring (bicyclic) bond motifs is 5. The van der Waals surface area contributed by atoms with Gasteiger partial charge in [0.1, 0.15) is 11.5 Å². The van der Waals surface area contributed by atoms with Gasteiger partial charge < -0.3 is 14.0 Å². The summed E-state index contributed by atoms with van der Waals surface area (Å²) >= 11 is 0. The molecule has 1 atom stereocenters. The van der Waals surface area contributed by atoms with Crippen molar-refractivity contribution in [3.05, 3.63) is 110 Å². The van der Waals surface area contributed by atoms with Gasteiger partial charge in [-0.3, -0.25) is 13.9 Å². The van der Waals surface area contributed by atoms with Gasteiger partial charge in [0.2, 0.25) is 0 Å². The molecule has 6 rings (SSSR count). The number of ether oxygens (including phenoxy) is 2. The van der Waals surface area contributed by atoms with E-state index in [1.165, 1.54) is 11.6 Å². The number of aromatic nitrogens is 3. The molecule has 5 aromatic rings. The Kier molecular flexibility index (Phi) is 5.12. The molecule has 186 valence electrons. The van der Waals surface area contributed by atoms with E-state index >= 15 is 0 Å². The summed E-state index contributed by atoms with van der Waals surface area (Å²) in [6.45, 7) is 4.06. The van der Waals surface area contributed by atoms with Crippen molar-refractivity contribution in [3.8, 4) is 28.4 Å². The Morgan fingerprint density at radius 2 is 1.51 bits per heavy atom. The van der Waals surface area contributed by atoms with Crippen molar-refractivity contribution >= 4 is 10.9 Å². The molecule has 1 aliphatic rings. The number of hydrogen-bond acceptors (Lipinski definition) is 4. The fourth-order valence-electron chi connectivity index (χ4n) is 5.26. The normalized spacial score (nSPS) is 14.2. The number of rotatable bonds is 3. The van der Waals surface area contributed by atoms with Crippen molar-refractivity contribution in [2.75, 3.05) is 7.11 Å². The van der Waals surface area contributed by atoms with E-state index in [1.54, 1.807) is 18.7 Å². The summed E-state index contributed by atoms with van der Waals surface area (Å²) < 4.78 is 16.8. The molecule has 0 fully saturated rings. The molecule has 0 aliphatic carbocycles. The molecular weight excluding hydrogens is 466 g/mol. The van der Waals surface area contributed by atoms with Crippen LogP contribution in [0, 0.1) is 13.8 Å². The number of hydrogen-bond donors (Lipinski definition) is 0. The topological polar surface area (TPSA) is 67.4 Å². The second kappa shape index (κ2) is 8.27. The van der Waals surface area contributed by atoms with E-state index in [0.717, 1.165) is 45.1 Å². The Bertz CT molecular complexity index is 1810. The molecule has 0 saturated carbocycles. The third-order valence-corrected chi connectivity index (χ3v) is 7.20. The second-order valence-electron chi connectivity index (χ2n) is 9.61. The Hall–Kier alpha value is -4.52. The van der Waals surface area contributed by atoms with E-state index < -0.39 is 6.10 Å². The van der Waals surface area contributed by atoms with Crippen LogP contribution >= 0.6 is 0 Å². The highest BCUT2D eigenvalue weighted by Gasteiger charge is 2.36. The average Bonchev–Trinajstić information content (AvgIpc) is 3.27. The highest BCUT2D eigenvalue weighted by Crippen LogP contribution is 2.47. The van der Waals surface area contributed by atoms with Crippen molar-refractivity contribution in [2.45, 2.75) is 20.0 Å². The van der Waals surface area contributed by atoms with E-state index in [4.69, 9.17) is 9.47 Å². The summed E-state index contributed by atoms with van der Waals surface area (Å²) in [5, 5.41) is 0.486. The molecule has 2 aromatic heterocycles. The molecule has 1 aliphatic heterocycles. The summed E-state index contributed by atoms with van der Waals surface area (Å²) in [6.07, 6.45) is -0.555. The zero-order valence-electron chi connectivity index (χ0n) is 21.4. The quantitative estimate of drug-likeness (QED) is 0.362. The van der Waals surface area contributed by atoms with Crippen LogP contribution in [0.4, 0.5) is 0 Å². The van der Waals surface area contributed by atoms with Crippen LogP contribution in [0.25, 0.3) is 27.8 Å². The molecule has 0 unspecified atom stereocenters. The smallest absolute Gasteiger partial charge is 0.331 e. The van der Waals surface area contributed by atoms with Gasteiger partial charge in [-0.25, -0.2) is 4.79 Å². The summed E-state index contributed by atoms with van der Waals surface area (Å²) in [4.78, 5) is 26.9. The first-order chi connectivity index (χ1) is 17.8. The minimum Gasteiger partial charge on any atom is -0.497 e. The molecule has 0 saturated heterocycles.